The molecule has 21 heavy (non-hydrogen) atoms. The molecule has 3 nitrogen and oxygen atoms in total. The third-order valence-electron chi connectivity index (χ3n) is 3.37. The van der Waals surface area contributed by atoms with E-state index in [-0.39, 0.29) is 11.7 Å². The highest BCUT2D eigenvalue weighted by atomic mass is 19.1. The first kappa shape index (κ1) is 15.2. The van der Waals surface area contributed by atoms with E-state index in [1.807, 2.05) is 25.1 Å². The molecule has 0 spiro atoms. The van der Waals surface area contributed by atoms with Gasteiger partial charge in [0.05, 0.1) is 0 Å². The van der Waals surface area contributed by atoms with E-state index < -0.39 is 0 Å². The molecular formula is C17H19FN2O. The summed E-state index contributed by atoms with van der Waals surface area (Å²) in [6.45, 7) is 3.32. The first-order chi connectivity index (χ1) is 10.1. The van der Waals surface area contributed by atoms with Crippen LogP contribution in [0.3, 0.4) is 0 Å². The van der Waals surface area contributed by atoms with Crippen molar-refractivity contribution in [1.82, 2.24) is 4.90 Å². The maximum Gasteiger partial charge on any atom is 0.254 e. The summed E-state index contributed by atoms with van der Waals surface area (Å²) in [6, 6.07) is 13.6. The van der Waals surface area contributed by atoms with E-state index in [1.165, 1.54) is 12.1 Å². The molecule has 0 bridgehead atoms. The van der Waals surface area contributed by atoms with Crippen LogP contribution in [0.25, 0.3) is 0 Å². The van der Waals surface area contributed by atoms with Crippen LogP contribution in [0.2, 0.25) is 0 Å². The fraction of sp³-hybridized carbons (Fsp3) is 0.235. The van der Waals surface area contributed by atoms with Gasteiger partial charge in [-0.05, 0) is 42.3 Å². The smallest absolute Gasteiger partial charge is 0.254 e. The first-order valence-corrected chi connectivity index (χ1v) is 6.96. The van der Waals surface area contributed by atoms with Gasteiger partial charge >= 0.3 is 0 Å². The van der Waals surface area contributed by atoms with Crippen LogP contribution in [0, 0.1) is 5.82 Å². The Hall–Kier alpha value is -2.20. The number of carbonyl (C=O) groups excluding carboxylic acids is 1. The van der Waals surface area contributed by atoms with Crippen molar-refractivity contribution in [3.05, 3.63) is 71.0 Å². The molecule has 1 amide bonds. The van der Waals surface area contributed by atoms with Crippen LogP contribution in [0.1, 0.15) is 28.4 Å². The molecule has 2 N–H and O–H groups in total. The highest BCUT2D eigenvalue weighted by Crippen LogP contribution is 2.12. The molecule has 0 heterocycles. The number of rotatable bonds is 5. The Kier molecular flexibility index (Phi) is 5.06. The summed E-state index contributed by atoms with van der Waals surface area (Å²) in [5, 5.41) is 0. The minimum Gasteiger partial charge on any atom is -0.335 e. The van der Waals surface area contributed by atoms with Gasteiger partial charge in [0, 0.05) is 25.2 Å². The summed E-state index contributed by atoms with van der Waals surface area (Å²) in [7, 11) is 0. The zero-order valence-electron chi connectivity index (χ0n) is 12.1. The first-order valence-electron chi connectivity index (χ1n) is 6.96. The highest BCUT2D eigenvalue weighted by Gasteiger charge is 2.14. The van der Waals surface area contributed by atoms with Gasteiger partial charge in [0.1, 0.15) is 5.82 Å². The van der Waals surface area contributed by atoms with Crippen LogP contribution in [-0.4, -0.2) is 17.4 Å². The molecule has 2 aromatic rings. The molecule has 2 aromatic carbocycles. The second kappa shape index (κ2) is 6.99. The summed E-state index contributed by atoms with van der Waals surface area (Å²) in [6.07, 6.45) is 0. The quantitative estimate of drug-likeness (QED) is 0.918. The van der Waals surface area contributed by atoms with Gasteiger partial charge < -0.3 is 10.6 Å². The molecule has 0 saturated carbocycles. The normalized spacial score (nSPS) is 10.4. The maximum atomic E-state index is 13.2. The Morgan fingerprint density at radius 1 is 1.14 bits per heavy atom. The zero-order chi connectivity index (χ0) is 15.2. The second-order valence-corrected chi connectivity index (χ2v) is 4.85. The van der Waals surface area contributed by atoms with Crippen LogP contribution in [0.5, 0.6) is 0 Å². The fourth-order valence-electron chi connectivity index (χ4n) is 2.15. The molecule has 0 saturated heterocycles. The van der Waals surface area contributed by atoms with Crippen LogP contribution < -0.4 is 5.73 Å². The molecule has 0 aliphatic carbocycles. The van der Waals surface area contributed by atoms with E-state index in [2.05, 4.69) is 0 Å². The Bertz CT molecular complexity index is 610. The second-order valence-electron chi connectivity index (χ2n) is 4.85. The lowest BCUT2D eigenvalue weighted by molar-refractivity contribution is 0.0752. The molecule has 0 fully saturated rings. The summed E-state index contributed by atoms with van der Waals surface area (Å²) in [4.78, 5) is 14.2. The van der Waals surface area contributed by atoms with E-state index in [0.717, 1.165) is 11.1 Å². The van der Waals surface area contributed by atoms with Crippen molar-refractivity contribution in [2.45, 2.75) is 20.0 Å². The van der Waals surface area contributed by atoms with E-state index in [9.17, 15) is 9.18 Å². The largest absolute Gasteiger partial charge is 0.335 e. The number of hydrogen-bond acceptors (Lipinski definition) is 2. The van der Waals surface area contributed by atoms with Crippen molar-refractivity contribution in [3.63, 3.8) is 0 Å². The third kappa shape index (κ3) is 3.89. The average molecular weight is 286 g/mol. The summed E-state index contributed by atoms with van der Waals surface area (Å²) < 4.78 is 13.2. The molecule has 110 valence electrons. The number of amides is 1. The van der Waals surface area contributed by atoms with Crippen LogP contribution in [-0.2, 0) is 13.1 Å². The van der Waals surface area contributed by atoms with Crippen molar-refractivity contribution in [2.24, 2.45) is 5.73 Å². The lowest BCUT2D eigenvalue weighted by Gasteiger charge is -2.21. The molecule has 0 aliphatic heterocycles. The van der Waals surface area contributed by atoms with E-state index in [4.69, 9.17) is 5.73 Å². The SMILES string of the molecule is CCN(Cc1cccc(F)c1)C(=O)c1ccc(CN)cc1. The monoisotopic (exact) mass is 286 g/mol. The Balaban J connectivity index is 2.14. The van der Waals surface area contributed by atoms with Gasteiger partial charge in [-0.25, -0.2) is 4.39 Å². The van der Waals surface area contributed by atoms with Gasteiger partial charge in [0.2, 0.25) is 0 Å². The number of carbonyl (C=O) groups is 1. The number of nitrogens with two attached hydrogens (primary N) is 1. The predicted molar refractivity (Wildman–Crippen MR) is 81.1 cm³/mol. The number of hydrogen-bond donors (Lipinski definition) is 1. The lowest BCUT2D eigenvalue weighted by Crippen LogP contribution is -2.30. The average Bonchev–Trinajstić information content (AvgIpc) is 2.52. The molecule has 0 atom stereocenters. The Morgan fingerprint density at radius 2 is 1.86 bits per heavy atom. The number of halogens is 1. The predicted octanol–water partition coefficient (Wildman–Crippen LogP) is 2.95. The molecule has 0 aliphatic rings. The maximum absolute atomic E-state index is 13.2. The molecule has 0 radical (unpaired) electrons. The van der Waals surface area contributed by atoms with Crippen molar-refractivity contribution in [3.8, 4) is 0 Å². The van der Waals surface area contributed by atoms with Crippen molar-refractivity contribution in [2.75, 3.05) is 6.54 Å². The van der Waals surface area contributed by atoms with E-state index in [1.54, 1.807) is 23.1 Å². The van der Waals surface area contributed by atoms with Gasteiger partial charge in [0.15, 0.2) is 0 Å². The van der Waals surface area contributed by atoms with Gasteiger partial charge in [-0.1, -0.05) is 24.3 Å². The van der Waals surface area contributed by atoms with Crippen molar-refractivity contribution in [1.29, 1.82) is 0 Å². The van der Waals surface area contributed by atoms with E-state index >= 15 is 0 Å². The van der Waals surface area contributed by atoms with Crippen molar-refractivity contribution >= 4 is 5.91 Å². The highest BCUT2D eigenvalue weighted by molar-refractivity contribution is 5.94. The minimum atomic E-state index is -0.289. The molecule has 0 aromatic heterocycles. The van der Waals surface area contributed by atoms with Gasteiger partial charge in [-0.3, -0.25) is 4.79 Å². The Labute approximate surface area is 124 Å². The van der Waals surface area contributed by atoms with Crippen molar-refractivity contribution < 1.29 is 9.18 Å². The Morgan fingerprint density at radius 3 is 2.43 bits per heavy atom. The summed E-state index contributed by atoms with van der Waals surface area (Å²) in [5.41, 5.74) is 7.93. The number of nitrogens with zero attached hydrogens (tertiary/aromatic N) is 1. The van der Waals surface area contributed by atoms with E-state index in [0.29, 0.717) is 25.2 Å². The van der Waals surface area contributed by atoms with Crippen LogP contribution >= 0.6 is 0 Å². The summed E-state index contributed by atoms with van der Waals surface area (Å²) >= 11 is 0. The topological polar surface area (TPSA) is 46.3 Å². The molecule has 0 unspecified atom stereocenters. The summed E-state index contributed by atoms with van der Waals surface area (Å²) in [5.74, 6) is -0.353. The molecule has 4 heteroatoms. The standard InChI is InChI=1S/C17H19FN2O/c1-2-20(12-14-4-3-5-16(18)10-14)17(21)15-8-6-13(11-19)7-9-15/h3-10H,2,11-12,19H2,1H3. The molecule has 2 rings (SSSR count). The number of benzene rings is 2. The minimum absolute atomic E-state index is 0.0645. The van der Waals surface area contributed by atoms with Crippen LogP contribution in [0.15, 0.2) is 48.5 Å². The molecular weight excluding hydrogens is 267 g/mol. The van der Waals surface area contributed by atoms with Gasteiger partial charge in [0.25, 0.3) is 5.91 Å². The lowest BCUT2D eigenvalue weighted by atomic mass is 10.1. The van der Waals surface area contributed by atoms with Gasteiger partial charge in [-0.15, -0.1) is 0 Å². The zero-order valence-corrected chi connectivity index (χ0v) is 12.1. The van der Waals surface area contributed by atoms with Crippen LogP contribution in [0.4, 0.5) is 4.39 Å². The fourth-order valence-corrected chi connectivity index (χ4v) is 2.15. The van der Waals surface area contributed by atoms with Gasteiger partial charge in [-0.2, -0.15) is 0 Å². The third-order valence-corrected chi connectivity index (χ3v) is 3.37.